The smallest absolute Gasteiger partial charge is 0.223 e. The number of fused-ring (bicyclic) bond motifs is 2. The van der Waals surface area contributed by atoms with Gasteiger partial charge < -0.3 is 9.72 Å². The van der Waals surface area contributed by atoms with Crippen LogP contribution in [-0.2, 0) is 4.79 Å². The maximum Gasteiger partial charge on any atom is 0.223 e. The van der Waals surface area contributed by atoms with E-state index < -0.39 is 0 Å². The quantitative estimate of drug-likeness (QED) is 0.618. The Kier molecular flexibility index (Phi) is 2.87. The number of nitrogens with zero attached hydrogens (tertiary/aromatic N) is 4. The van der Waals surface area contributed by atoms with Gasteiger partial charge in [0.05, 0.1) is 5.69 Å². The van der Waals surface area contributed by atoms with Crippen LogP contribution in [0.3, 0.4) is 0 Å². The largest absolute Gasteiger partial charge is 0.306 e. The van der Waals surface area contributed by atoms with Crippen molar-refractivity contribution < 1.29 is 4.79 Å². The van der Waals surface area contributed by atoms with Gasteiger partial charge in [0.15, 0.2) is 5.13 Å². The number of carbonyl (C=O) groups excluding carboxylic acids is 1. The third kappa shape index (κ3) is 2.21. The minimum absolute atomic E-state index is 0.134. The number of nitrogens with one attached hydrogen (secondary N) is 1. The summed E-state index contributed by atoms with van der Waals surface area (Å²) in [6.45, 7) is 1.46. The maximum absolute atomic E-state index is 11.1. The molecule has 0 atom stereocenters. The zero-order chi connectivity index (χ0) is 15.1. The van der Waals surface area contributed by atoms with Crippen LogP contribution >= 0.6 is 11.3 Å². The van der Waals surface area contributed by atoms with Crippen molar-refractivity contribution in [2.75, 3.05) is 5.32 Å². The molecule has 1 N–H and O–H groups in total. The number of rotatable bonds is 2. The fourth-order valence-electron chi connectivity index (χ4n) is 2.25. The van der Waals surface area contributed by atoms with E-state index in [1.807, 2.05) is 41.1 Å². The lowest BCUT2D eigenvalue weighted by Crippen LogP contribution is -2.04. The van der Waals surface area contributed by atoms with Crippen LogP contribution in [0.15, 0.2) is 42.9 Å². The Labute approximate surface area is 129 Å². The highest BCUT2D eigenvalue weighted by Crippen LogP contribution is 2.27. The van der Waals surface area contributed by atoms with Crippen LogP contribution in [0.5, 0.6) is 0 Å². The minimum Gasteiger partial charge on any atom is -0.306 e. The van der Waals surface area contributed by atoms with E-state index in [-0.39, 0.29) is 5.91 Å². The van der Waals surface area contributed by atoms with Gasteiger partial charge >= 0.3 is 0 Å². The second kappa shape index (κ2) is 4.88. The summed E-state index contributed by atoms with van der Waals surface area (Å²) in [5.41, 5.74) is 3.54. The van der Waals surface area contributed by atoms with Crippen LogP contribution in [0.2, 0.25) is 0 Å². The Morgan fingerprint density at radius 1 is 1.23 bits per heavy atom. The van der Waals surface area contributed by atoms with Gasteiger partial charge in [0.1, 0.15) is 16.0 Å². The van der Waals surface area contributed by atoms with Gasteiger partial charge in [0, 0.05) is 31.1 Å². The lowest BCUT2D eigenvalue weighted by atomic mass is 10.2. The molecular formula is C15H11N5OS. The molecule has 0 saturated carbocycles. The third-order valence-electron chi connectivity index (χ3n) is 3.22. The molecule has 0 aliphatic rings. The molecule has 0 spiro atoms. The predicted octanol–water partition coefficient (Wildman–Crippen LogP) is 2.96. The normalized spacial score (nSPS) is 11.1. The van der Waals surface area contributed by atoms with Gasteiger partial charge in [-0.3, -0.25) is 4.79 Å². The van der Waals surface area contributed by atoms with Gasteiger partial charge in [-0.25, -0.2) is 15.0 Å². The molecular weight excluding hydrogens is 298 g/mol. The second-order valence-corrected chi connectivity index (χ2v) is 5.81. The van der Waals surface area contributed by atoms with Gasteiger partial charge in [-0.15, -0.1) is 0 Å². The Bertz CT molecular complexity index is 1000. The summed E-state index contributed by atoms with van der Waals surface area (Å²) in [7, 11) is 0. The van der Waals surface area contributed by atoms with E-state index in [1.165, 1.54) is 18.3 Å². The SMILES string of the molecule is CC(=O)Nc1nc2ccc(-c3ccc4nccn4c3)nc2s1. The summed E-state index contributed by atoms with van der Waals surface area (Å²) in [4.78, 5) is 25.1. The first-order chi connectivity index (χ1) is 10.7. The summed E-state index contributed by atoms with van der Waals surface area (Å²) < 4.78 is 1.95. The average Bonchev–Trinajstić information content (AvgIpc) is 3.10. The molecule has 0 aliphatic carbocycles. The van der Waals surface area contributed by atoms with Gasteiger partial charge in [0.25, 0.3) is 0 Å². The number of anilines is 1. The third-order valence-corrected chi connectivity index (χ3v) is 4.10. The van der Waals surface area contributed by atoms with Crippen molar-refractivity contribution in [3.63, 3.8) is 0 Å². The molecule has 0 saturated heterocycles. The van der Waals surface area contributed by atoms with Crippen LogP contribution in [0.1, 0.15) is 6.92 Å². The van der Waals surface area contributed by atoms with Crippen LogP contribution in [-0.4, -0.2) is 25.3 Å². The summed E-state index contributed by atoms with van der Waals surface area (Å²) in [5, 5.41) is 3.26. The Hall–Kier alpha value is -2.80. The van der Waals surface area contributed by atoms with Crippen LogP contribution in [0, 0.1) is 0 Å². The molecule has 0 radical (unpaired) electrons. The first-order valence-corrected chi connectivity index (χ1v) is 7.49. The fourth-order valence-corrected chi connectivity index (χ4v) is 3.14. The summed E-state index contributed by atoms with van der Waals surface area (Å²) in [6, 6.07) is 7.79. The highest BCUT2D eigenvalue weighted by Gasteiger charge is 2.09. The molecule has 22 heavy (non-hydrogen) atoms. The monoisotopic (exact) mass is 309 g/mol. The number of thiazole rings is 1. The minimum atomic E-state index is -0.134. The Morgan fingerprint density at radius 3 is 3.00 bits per heavy atom. The van der Waals surface area contributed by atoms with E-state index >= 15 is 0 Å². The van der Waals surface area contributed by atoms with Gasteiger partial charge in [-0.2, -0.15) is 0 Å². The number of hydrogen-bond acceptors (Lipinski definition) is 5. The van der Waals surface area contributed by atoms with E-state index in [4.69, 9.17) is 0 Å². The predicted molar refractivity (Wildman–Crippen MR) is 85.9 cm³/mol. The zero-order valence-electron chi connectivity index (χ0n) is 11.6. The molecule has 0 unspecified atom stereocenters. The lowest BCUT2D eigenvalue weighted by molar-refractivity contribution is -0.114. The summed E-state index contributed by atoms with van der Waals surface area (Å²) >= 11 is 1.37. The molecule has 4 aromatic rings. The Morgan fingerprint density at radius 2 is 2.14 bits per heavy atom. The van der Waals surface area contributed by atoms with E-state index in [1.54, 1.807) is 6.20 Å². The van der Waals surface area contributed by atoms with Gasteiger partial charge in [0.2, 0.25) is 5.91 Å². The zero-order valence-corrected chi connectivity index (χ0v) is 12.5. The molecule has 0 aromatic carbocycles. The van der Waals surface area contributed by atoms with Crippen LogP contribution in [0.25, 0.3) is 27.3 Å². The molecule has 7 heteroatoms. The highest BCUT2D eigenvalue weighted by molar-refractivity contribution is 7.21. The molecule has 4 rings (SSSR count). The average molecular weight is 309 g/mol. The first kappa shape index (κ1) is 12.9. The van der Waals surface area contributed by atoms with Crippen molar-refractivity contribution in [1.29, 1.82) is 0 Å². The lowest BCUT2D eigenvalue weighted by Gasteiger charge is -2.01. The van der Waals surface area contributed by atoms with Crippen LogP contribution < -0.4 is 5.32 Å². The van der Waals surface area contributed by atoms with E-state index in [0.29, 0.717) is 5.13 Å². The fraction of sp³-hybridized carbons (Fsp3) is 0.0667. The van der Waals surface area contributed by atoms with Crippen molar-refractivity contribution >= 4 is 38.4 Å². The van der Waals surface area contributed by atoms with Gasteiger partial charge in [-0.1, -0.05) is 11.3 Å². The first-order valence-electron chi connectivity index (χ1n) is 6.67. The standard InChI is InChI=1S/C15H11N5OS/c1-9(21)17-15-19-12-4-3-11(18-14(12)22-15)10-2-5-13-16-6-7-20(13)8-10/h2-8H,1H3,(H,17,19,21). The van der Waals surface area contributed by atoms with Crippen molar-refractivity contribution in [2.24, 2.45) is 0 Å². The number of pyridine rings is 2. The highest BCUT2D eigenvalue weighted by atomic mass is 32.1. The molecule has 4 heterocycles. The molecule has 0 aliphatic heterocycles. The molecule has 6 nitrogen and oxygen atoms in total. The molecule has 0 fully saturated rings. The van der Waals surface area contributed by atoms with E-state index in [0.717, 1.165) is 27.3 Å². The van der Waals surface area contributed by atoms with E-state index in [2.05, 4.69) is 20.3 Å². The molecule has 1 amide bonds. The molecule has 0 bridgehead atoms. The topological polar surface area (TPSA) is 72.2 Å². The number of amides is 1. The molecule has 4 aromatic heterocycles. The Balaban J connectivity index is 1.79. The molecule has 108 valence electrons. The van der Waals surface area contributed by atoms with Gasteiger partial charge in [-0.05, 0) is 24.3 Å². The van der Waals surface area contributed by atoms with Crippen LogP contribution in [0.4, 0.5) is 5.13 Å². The van der Waals surface area contributed by atoms with Crippen molar-refractivity contribution in [3.05, 3.63) is 42.9 Å². The number of imidazole rings is 1. The second-order valence-electron chi connectivity index (χ2n) is 4.83. The van der Waals surface area contributed by atoms with E-state index in [9.17, 15) is 4.79 Å². The van der Waals surface area contributed by atoms with Crippen molar-refractivity contribution in [1.82, 2.24) is 19.4 Å². The van der Waals surface area contributed by atoms with Crippen molar-refractivity contribution in [3.8, 4) is 11.3 Å². The number of carbonyl (C=O) groups is 1. The van der Waals surface area contributed by atoms with Crippen molar-refractivity contribution in [2.45, 2.75) is 6.92 Å². The summed E-state index contributed by atoms with van der Waals surface area (Å²) in [5.74, 6) is -0.134. The summed E-state index contributed by atoms with van der Waals surface area (Å²) in [6.07, 6.45) is 5.66. The maximum atomic E-state index is 11.1. The number of aromatic nitrogens is 4. The number of hydrogen-bond donors (Lipinski definition) is 1.